The van der Waals surface area contributed by atoms with Gasteiger partial charge in [-0.15, -0.1) is 6.58 Å². The molecular weight excluding hydrogens is 174 g/mol. The number of anilines is 1. The van der Waals surface area contributed by atoms with E-state index < -0.39 is 0 Å². The van der Waals surface area contributed by atoms with Gasteiger partial charge in [-0.05, 0) is 13.3 Å². The Morgan fingerprint density at radius 2 is 2.43 bits per heavy atom. The highest BCUT2D eigenvalue weighted by molar-refractivity contribution is 5.29. The number of aryl methyl sites for hydroxylation is 2. The summed E-state index contributed by atoms with van der Waals surface area (Å²) in [6.07, 6.45) is 6.33. The summed E-state index contributed by atoms with van der Waals surface area (Å²) < 4.78 is 2.17. The van der Waals surface area contributed by atoms with Crippen LogP contribution in [0.25, 0.3) is 0 Å². The third-order valence-corrected chi connectivity index (χ3v) is 2.05. The molecule has 78 valence electrons. The van der Waals surface area contributed by atoms with Gasteiger partial charge >= 0.3 is 0 Å². The van der Waals surface area contributed by atoms with Crippen molar-refractivity contribution in [1.29, 1.82) is 0 Å². The number of aromatic nitrogens is 2. The molecule has 0 bridgehead atoms. The normalized spacial score (nSPS) is 10.1. The Morgan fingerprint density at radius 3 is 3.07 bits per heavy atom. The molecule has 1 aromatic rings. The van der Waals surface area contributed by atoms with E-state index >= 15 is 0 Å². The van der Waals surface area contributed by atoms with Crippen molar-refractivity contribution < 1.29 is 0 Å². The summed E-state index contributed by atoms with van der Waals surface area (Å²) in [5, 5.41) is 3.23. The van der Waals surface area contributed by atoms with Crippen LogP contribution in [0.3, 0.4) is 0 Å². The number of nitrogens with one attached hydrogen (secondary N) is 1. The van der Waals surface area contributed by atoms with Crippen molar-refractivity contribution in [2.45, 2.75) is 33.2 Å². The molecule has 0 atom stereocenters. The van der Waals surface area contributed by atoms with Gasteiger partial charge in [-0.3, -0.25) is 0 Å². The quantitative estimate of drug-likeness (QED) is 0.704. The Morgan fingerprint density at radius 1 is 1.64 bits per heavy atom. The van der Waals surface area contributed by atoms with Crippen LogP contribution in [0.2, 0.25) is 0 Å². The smallest absolute Gasteiger partial charge is 0.203 e. The molecule has 0 aliphatic heterocycles. The lowest BCUT2D eigenvalue weighted by Gasteiger charge is -2.06. The van der Waals surface area contributed by atoms with Crippen molar-refractivity contribution in [1.82, 2.24) is 9.55 Å². The van der Waals surface area contributed by atoms with Crippen LogP contribution in [0.4, 0.5) is 5.95 Å². The summed E-state index contributed by atoms with van der Waals surface area (Å²) in [7, 11) is 0. The maximum Gasteiger partial charge on any atom is 0.203 e. The van der Waals surface area contributed by atoms with Crippen LogP contribution in [0.1, 0.15) is 25.5 Å². The largest absolute Gasteiger partial charge is 0.352 e. The number of hydrogen-bond acceptors (Lipinski definition) is 2. The van der Waals surface area contributed by atoms with Crippen molar-refractivity contribution in [3.8, 4) is 0 Å². The zero-order valence-corrected chi connectivity index (χ0v) is 9.08. The third kappa shape index (κ3) is 2.91. The molecule has 1 heterocycles. The fourth-order valence-electron chi connectivity index (χ4n) is 1.35. The first-order valence-corrected chi connectivity index (χ1v) is 5.16. The SMILES string of the molecule is C=CCNc1nc(C)cn1CCCC. The molecule has 3 nitrogen and oxygen atoms in total. The van der Waals surface area contributed by atoms with Crippen molar-refractivity contribution in [2.24, 2.45) is 0 Å². The molecule has 0 saturated heterocycles. The van der Waals surface area contributed by atoms with Gasteiger partial charge in [0.2, 0.25) is 5.95 Å². The molecule has 0 amide bonds. The standard InChI is InChI=1S/C11H19N3/c1-4-6-8-14-9-10(3)13-11(14)12-7-5-2/h5,9H,2,4,6-8H2,1,3H3,(H,12,13). The predicted octanol–water partition coefficient (Wildman–Crippen LogP) is 2.59. The highest BCUT2D eigenvalue weighted by Crippen LogP contribution is 2.09. The van der Waals surface area contributed by atoms with E-state index in [1.54, 1.807) is 0 Å². The summed E-state index contributed by atoms with van der Waals surface area (Å²) in [5.41, 5.74) is 1.06. The molecule has 0 fully saturated rings. The van der Waals surface area contributed by atoms with Gasteiger partial charge in [0.25, 0.3) is 0 Å². The summed E-state index contributed by atoms with van der Waals surface area (Å²) in [6, 6.07) is 0. The zero-order chi connectivity index (χ0) is 10.4. The minimum absolute atomic E-state index is 0.766. The first kappa shape index (κ1) is 10.8. The van der Waals surface area contributed by atoms with E-state index in [1.807, 2.05) is 13.0 Å². The van der Waals surface area contributed by atoms with E-state index in [4.69, 9.17) is 0 Å². The van der Waals surface area contributed by atoms with Crippen molar-refractivity contribution in [2.75, 3.05) is 11.9 Å². The summed E-state index contributed by atoms with van der Waals surface area (Å²) in [5.74, 6) is 0.954. The molecule has 1 aromatic heterocycles. The molecule has 1 N–H and O–H groups in total. The van der Waals surface area contributed by atoms with Gasteiger partial charge in [0.1, 0.15) is 0 Å². The fraction of sp³-hybridized carbons (Fsp3) is 0.545. The van der Waals surface area contributed by atoms with E-state index in [2.05, 4.69) is 34.6 Å². The fourth-order valence-corrected chi connectivity index (χ4v) is 1.35. The van der Waals surface area contributed by atoms with Gasteiger partial charge in [-0.1, -0.05) is 19.4 Å². The van der Waals surface area contributed by atoms with E-state index in [-0.39, 0.29) is 0 Å². The Bertz CT molecular complexity index is 289. The Kier molecular flexibility index (Phi) is 4.23. The Hall–Kier alpha value is -1.25. The van der Waals surface area contributed by atoms with Crippen LogP contribution in [0, 0.1) is 6.92 Å². The second-order valence-electron chi connectivity index (χ2n) is 3.42. The molecule has 0 spiro atoms. The monoisotopic (exact) mass is 193 g/mol. The average molecular weight is 193 g/mol. The first-order valence-electron chi connectivity index (χ1n) is 5.16. The van der Waals surface area contributed by atoms with E-state index in [9.17, 15) is 0 Å². The molecule has 1 rings (SSSR count). The second kappa shape index (κ2) is 5.47. The predicted molar refractivity (Wildman–Crippen MR) is 60.6 cm³/mol. The van der Waals surface area contributed by atoms with E-state index in [1.165, 1.54) is 12.8 Å². The molecule has 0 aliphatic carbocycles. The van der Waals surface area contributed by atoms with Gasteiger partial charge < -0.3 is 9.88 Å². The number of imidazole rings is 1. The van der Waals surface area contributed by atoms with Gasteiger partial charge in [0, 0.05) is 19.3 Å². The van der Waals surface area contributed by atoms with Crippen LogP contribution in [-0.4, -0.2) is 16.1 Å². The molecule has 0 saturated carbocycles. The van der Waals surface area contributed by atoms with Crippen LogP contribution < -0.4 is 5.32 Å². The van der Waals surface area contributed by atoms with Crippen LogP contribution in [0.15, 0.2) is 18.9 Å². The number of unbranched alkanes of at least 4 members (excludes halogenated alkanes) is 1. The summed E-state index contributed by atoms with van der Waals surface area (Å²) in [6.45, 7) is 9.69. The van der Waals surface area contributed by atoms with E-state index in [0.29, 0.717) is 0 Å². The third-order valence-electron chi connectivity index (χ3n) is 2.05. The molecule has 0 aromatic carbocycles. The zero-order valence-electron chi connectivity index (χ0n) is 9.08. The number of hydrogen-bond donors (Lipinski definition) is 1. The van der Waals surface area contributed by atoms with Crippen molar-refractivity contribution >= 4 is 5.95 Å². The lowest BCUT2D eigenvalue weighted by Crippen LogP contribution is -2.06. The lowest BCUT2D eigenvalue weighted by molar-refractivity contribution is 0.636. The van der Waals surface area contributed by atoms with Crippen molar-refractivity contribution in [3.05, 3.63) is 24.5 Å². The molecule has 0 aliphatic rings. The minimum atomic E-state index is 0.766. The maximum atomic E-state index is 4.41. The van der Waals surface area contributed by atoms with Crippen LogP contribution in [0.5, 0.6) is 0 Å². The highest BCUT2D eigenvalue weighted by Gasteiger charge is 2.02. The highest BCUT2D eigenvalue weighted by atomic mass is 15.2. The maximum absolute atomic E-state index is 4.41. The Labute approximate surface area is 85.8 Å². The van der Waals surface area contributed by atoms with E-state index in [0.717, 1.165) is 24.7 Å². The van der Waals surface area contributed by atoms with Crippen molar-refractivity contribution in [3.63, 3.8) is 0 Å². The molecule has 0 unspecified atom stereocenters. The minimum Gasteiger partial charge on any atom is -0.352 e. The summed E-state index contributed by atoms with van der Waals surface area (Å²) >= 11 is 0. The van der Waals surface area contributed by atoms with Gasteiger partial charge in [0.15, 0.2) is 0 Å². The van der Waals surface area contributed by atoms with Gasteiger partial charge in [-0.25, -0.2) is 4.98 Å². The molecule has 0 radical (unpaired) electrons. The van der Waals surface area contributed by atoms with Crippen LogP contribution >= 0.6 is 0 Å². The first-order chi connectivity index (χ1) is 6.77. The number of rotatable bonds is 6. The van der Waals surface area contributed by atoms with Crippen LogP contribution in [-0.2, 0) is 6.54 Å². The number of nitrogens with zero attached hydrogens (tertiary/aromatic N) is 2. The molecule has 14 heavy (non-hydrogen) atoms. The second-order valence-corrected chi connectivity index (χ2v) is 3.42. The lowest BCUT2D eigenvalue weighted by atomic mass is 10.3. The molecular formula is C11H19N3. The Balaban J connectivity index is 2.64. The summed E-state index contributed by atoms with van der Waals surface area (Å²) in [4.78, 5) is 4.41. The molecule has 3 heteroatoms. The van der Waals surface area contributed by atoms with Gasteiger partial charge in [0.05, 0.1) is 5.69 Å². The average Bonchev–Trinajstić information content (AvgIpc) is 2.52. The topological polar surface area (TPSA) is 29.9 Å². The van der Waals surface area contributed by atoms with Gasteiger partial charge in [-0.2, -0.15) is 0 Å².